The summed E-state index contributed by atoms with van der Waals surface area (Å²) in [6.45, 7) is 14.0. The van der Waals surface area contributed by atoms with E-state index < -0.39 is 8.32 Å². The fraction of sp³-hybridized carbons (Fsp3) is 0.407. The predicted octanol–water partition coefficient (Wildman–Crippen LogP) is 5.47. The Morgan fingerprint density at radius 3 is 1.87 bits per heavy atom. The lowest BCUT2D eigenvalue weighted by Gasteiger charge is -2.42. The van der Waals surface area contributed by atoms with Crippen LogP contribution in [0.25, 0.3) is 0 Å². The van der Waals surface area contributed by atoms with Gasteiger partial charge in [0.15, 0.2) is 0 Å². The number of benzene rings is 2. The Hall–Kier alpha value is -1.94. The number of hydrogen-bond donors (Lipinski definition) is 1. The minimum atomic E-state index is -2.48. The van der Waals surface area contributed by atoms with Crippen molar-refractivity contribution in [3.05, 3.63) is 84.0 Å². The predicted molar refractivity (Wildman–Crippen MR) is 132 cm³/mol. The molecule has 162 valence electrons. The molecule has 2 rings (SSSR count). The van der Waals surface area contributed by atoms with Crippen molar-refractivity contribution < 1.29 is 9.53 Å². The zero-order valence-electron chi connectivity index (χ0n) is 19.5. The molecule has 0 saturated heterocycles. The van der Waals surface area contributed by atoms with Crippen molar-refractivity contribution in [3.8, 4) is 0 Å². The maximum atomic E-state index is 9.24. The van der Waals surface area contributed by atoms with Gasteiger partial charge >= 0.3 is 0 Å². The highest BCUT2D eigenvalue weighted by atomic mass is 28.4. The van der Waals surface area contributed by atoms with Crippen LogP contribution in [0.1, 0.15) is 48.0 Å². The molecule has 0 fully saturated rings. The molecule has 0 heterocycles. The van der Waals surface area contributed by atoms with Gasteiger partial charge in [-0.3, -0.25) is 0 Å². The van der Waals surface area contributed by atoms with E-state index in [2.05, 4.69) is 107 Å². The first-order valence-corrected chi connectivity index (χ1v) is 12.8. The number of allylic oxidation sites excluding steroid dienone is 2. The van der Waals surface area contributed by atoms with Crippen LogP contribution in [0, 0.1) is 5.92 Å². The zero-order valence-corrected chi connectivity index (χ0v) is 20.5. The molecule has 1 atom stereocenters. The van der Waals surface area contributed by atoms with Crippen LogP contribution in [-0.2, 0) is 4.43 Å². The molecular formula is C27H38O2Si. The van der Waals surface area contributed by atoms with E-state index in [9.17, 15) is 5.11 Å². The molecule has 0 unspecified atom stereocenters. The standard InChI is InChI=1S/C27H38O2Si/c1-22(19-23(2)20-24(3)21-28)17-18-29-30(27(4,5)6,25-13-9-7-10-14-25)26-15-11-8-12-16-26/h7-17,20,23,28H,18-19,21H2,1-6H3/b22-17+,24-20-/t23-/m0/s1. The molecule has 0 aromatic heterocycles. The summed E-state index contributed by atoms with van der Waals surface area (Å²) >= 11 is 0. The Bertz CT molecular complexity index is 793. The summed E-state index contributed by atoms with van der Waals surface area (Å²) in [7, 11) is -2.48. The zero-order chi connectivity index (χ0) is 22.2. The van der Waals surface area contributed by atoms with Crippen molar-refractivity contribution in [2.75, 3.05) is 13.2 Å². The smallest absolute Gasteiger partial charge is 0.261 e. The first-order valence-electron chi connectivity index (χ1n) is 10.9. The molecule has 2 aromatic carbocycles. The molecule has 0 aliphatic carbocycles. The highest BCUT2D eigenvalue weighted by Crippen LogP contribution is 2.36. The number of aliphatic hydroxyl groups excluding tert-OH is 1. The number of rotatable bonds is 9. The van der Waals surface area contributed by atoms with Crippen LogP contribution in [0.3, 0.4) is 0 Å². The van der Waals surface area contributed by atoms with Gasteiger partial charge in [-0.25, -0.2) is 0 Å². The van der Waals surface area contributed by atoms with E-state index in [0.717, 1.165) is 12.0 Å². The molecule has 0 aliphatic heterocycles. The minimum absolute atomic E-state index is 0.00822. The van der Waals surface area contributed by atoms with Crippen molar-refractivity contribution in [1.82, 2.24) is 0 Å². The van der Waals surface area contributed by atoms with Crippen LogP contribution in [0.4, 0.5) is 0 Å². The summed E-state index contributed by atoms with van der Waals surface area (Å²) in [6, 6.07) is 21.5. The van der Waals surface area contributed by atoms with Gasteiger partial charge in [-0.2, -0.15) is 0 Å². The van der Waals surface area contributed by atoms with Crippen LogP contribution in [0.15, 0.2) is 84.0 Å². The Morgan fingerprint density at radius 1 is 0.933 bits per heavy atom. The fourth-order valence-corrected chi connectivity index (χ4v) is 8.75. The van der Waals surface area contributed by atoms with E-state index >= 15 is 0 Å². The third-order valence-corrected chi connectivity index (χ3v) is 10.6. The van der Waals surface area contributed by atoms with Gasteiger partial charge in [-0.15, -0.1) is 0 Å². The number of hydrogen-bond acceptors (Lipinski definition) is 2. The van der Waals surface area contributed by atoms with Gasteiger partial charge in [0.25, 0.3) is 8.32 Å². The monoisotopic (exact) mass is 422 g/mol. The van der Waals surface area contributed by atoms with Crippen molar-refractivity contribution in [2.45, 2.75) is 53.0 Å². The average Bonchev–Trinajstić information content (AvgIpc) is 2.71. The van der Waals surface area contributed by atoms with Crippen LogP contribution >= 0.6 is 0 Å². The SMILES string of the molecule is C/C(=C/[C@@H](C)C/C(C)=C/CO[Si](c1ccccc1)(c1ccccc1)C(C)(C)C)CO. The van der Waals surface area contributed by atoms with Gasteiger partial charge in [0.1, 0.15) is 0 Å². The van der Waals surface area contributed by atoms with Crippen molar-refractivity contribution >= 4 is 18.7 Å². The maximum Gasteiger partial charge on any atom is 0.261 e. The third kappa shape index (κ3) is 6.04. The van der Waals surface area contributed by atoms with Crippen LogP contribution in [0.5, 0.6) is 0 Å². The Labute approximate surface area is 184 Å². The third-order valence-electron chi connectivity index (χ3n) is 5.61. The second-order valence-electron chi connectivity index (χ2n) is 9.38. The highest BCUT2D eigenvalue weighted by molar-refractivity contribution is 6.99. The topological polar surface area (TPSA) is 29.5 Å². The Morgan fingerprint density at radius 2 is 1.43 bits per heavy atom. The first-order chi connectivity index (χ1) is 14.2. The maximum absolute atomic E-state index is 9.24. The molecule has 0 amide bonds. The van der Waals surface area contributed by atoms with E-state index in [1.54, 1.807) is 0 Å². The van der Waals surface area contributed by atoms with Gasteiger partial charge in [-0.05, 0) is 41.6 Å². The summed E-state index contributed by atoms with van der Waals surface area (Å²) < 4.78 is 6.93. The van der Waals surface area contributed by atoms with Crippen molar-refractivity contribution in [2.24, 2.45) is 5.92 Å². The van der Waals surface area contributed by atoms with Crippen LogP contribution < -0.4 is 10.4 Å². The Balaban J connectivity index is 2.33. The first kappa shape index (κ1) is 24.3. The number of aliphatic hydroxyl groups is 1. The molecule has 2 nitrogen and oxygen atoms in total. The lowest BCUT2D eigenvalue weighted by Crippen LogP contribution is -2.66. The molecule has 2 aromatic rings. The second-order valence-corrected chi connectivity index (χ2v) is 13.7. The van der Waals surface area contributed by atoms with Gasteiger partial charge < -0.3 is 9.53 Å². The molecule has 1 N–H and O–H groups in total. The highest BCUT2D eigenvalue weighted by Gasteiger charge is 2.49. The summed E-state index contributed by atoms with van der Waals surface area (Å²) in [5.41, 5.74) is 2.35. The van der Waals surface area contributed by atoms with Gasteiger partial charge in [0, 0.05) is 0 Å². The van der Waals surface area contributed by atoms with Gasteiger partial charge in [-0.1, -0.05) is 112 Å². The van der Waals surface area contributed by atoms with Crippen LogP contribution in [0.2, 0.25) is 5.04 Å². The van der Waals surface area contributed by atoms with E-state index in [0.29, 0.717) is 12.5 Å². The van der Waals surface area contributed by atoms with Crippen molar-refractivity contribution in [3.63, 3.8) is 0 Å². The molecule has 0 aliphatic rings. The lowest BCUT2D eigenvalue weighted by molar-refractivity contribution is 0.330. The van der Waals surface area contributed by atoms with Crippen LogP contribution in [-0.4, -0.2) is 26.6 Å². The summed E-state index contributed by atoms with van der Waals surface area (Å²) in [4.78, 5) is 0. The Kier molecular flexibility index (Phi) is 8.84. The molecular weight excluding hydrogens is 384 g/mol. The second kappa shape index (κ2) is 10.9. The van der Waals surface area contributed by atoms with Gasteiger partial charge in [0.05, 0.1) is 13.2 Å². The summed E-state index contributed by atoms with van der Waals surface area (Å²) in [6.07, 6.45) is 5.36. The molecule has 0 saturated carbocycles. The normalized spacial score (nSPS) is 14.6. The molecule has 30 heavy (non-hydrogen) atoms. The van der Waals surface area contributed by atoms with E-state index in [1.165, 1.54) is 15.9 Å². The largest absolute Gasteiger partial charge is 0.404 e. The van der Waals surface area contributed by atoms with Crippen molar-refractivity contribution in [1.29, 1.82) is 0 Å². The molecule has 3 heteroatoms. The van der Waals surface area contributed by atoms with E-state index in [4.69, 9.17) is 4.43 Å². The fourth-order valence-electron chi connectivity index (χ4n) is 4.26. The molecule has 0 spiro atoms. The summed E-state index contributed by atoms with van der Waals surface area (Å²) in [5, 5.41) is 11.9. The lowest BCUT2D eigenvalue weighted by atomic mass is 10.00. The average molecular weight is 423 g/mol. The summed E-state index contributed by atoms with van der Waals surface area (Å²) in [5.74, 6) is 0.404. The van der Waals surface area contributed by atoms with E-state index in [1.807, 2.05) is 6.92 Å². The quantitative estimate of drug-likeness (QED) is 0.429. The minimum Gasteiger partial charge on any atom is -0.404 e. The van der Waals surface area contributed by atoms with E-state index in [-0.39, 0.29) is 11.6 Å². The molecule has 0 bridgehead atoms. The molecule has 0 radical (unpaired) electrons. The van der Waals surface area contributed by atoms with Gasteiger partial charge in [0.2, 0.25) is 0 Å².